The van der Waals surface area contributed by atoms with Gasteiger partial charge in [-0.15, -0.1) is 0 Å². The van der Waals surface area contributed by atoms with Crippen LogP contribution in [0.25, 0.3) is 0 Å². The number of hydrogen-bond donors (Lipinski definition) is 1. The molecule has 1 heterocycles. The average molecular weight is 411 g/mol. The summed E-state index contributed by atoms with van der Waals surface area (Å²) in [5, 5.41) is 21.1. The van der Waals surface area contributed by atoms with E-state index in [4.69, 9.17) is 33.0 Å². The Morgan fingerprint density at radius 1 is 1.19 bits per heavy atom. The molecule has 0 aromatic heterocycles. The molecule has 9 heteroatoms. The van der Waals surface area contributed by atoms with Crippen LogP contribution in [0.3, 0.4) is 0 Å². The summed E-state index contributed by atoms with van der Waals surface area (Å²) in [5.74, 6) is -1.03. The lowest BCUT2D eigenvalue weighted by molar-refractivity contribution is -0.386. The number of likely N-dealkylation sites (tertiary alicyclic amines) is 1. The van der Waals surface area contributed by atoms with Crippen LogP contribution in [-0.2, 0) is 17.9 Å². The van der Waals surface area contributed by atoms with Crippen molar-refractivity contribution in [3.8, 4) is 5.75 Å². The fourth-order valence-electron chi connectivity index (χ4n) is 2.83. The number of carbonyl (C=O) groups is 1. The number of ether oxygens (including phenoxy) is 1. The summed E-state index contributed by atoms with van der Waals surface area (Å²) in [6.45, 7) is 1.46. The lowest BCUT2D eigenvalue weighted by atomic mass is 9.99. The third-order valence-corrected chi connectivity index (χ3v) is 5.05. The maximum absolute atomic E-state index is 11.4. The molecule has 2 aromatic rings. The summed E-state index contributed by atoms with van der Waals surface area (Å²) in [4.78, 5) is 23.7. The highest BCUT2D eigenvalue weighted by Gasteiger charge is 2.32. The molecule has 2 aromatic carbocycles. The molecule has 0 aliphatic carbocycles. The van der Waals surface area contributed by atoms with E-state index in [1.165, 1.54) is 6.07 Å². The maximum Gasteiger partial charge on any atom is 0.311 e. The van der Waals surface area contributed by atoms with E-state index in [1.54, 1.807) is 30.3 Å². The van der Waals surface area contributed by atoms with Crippen LogP contribution >= 0.6 is 23.2 Å². The monoisotopic (exact) mass is 410 g/mol. The van der Waals surface area contributed by atoms with E-state index in [-0.39, 0.29) is 24.0 Å². The van der Waals surface area contributed by atoms with Crippen molar-refractivity contribution < 1.29 is 19.6 Å². The molecule has 1 saturated heterocycles. The SMILES string of the molecule is O=C(O)C1CN(Cc2ccc(OCc3ccc(Cl)c(Cl)c3)c([N+](=O)[O-])c2)C1. The van der Waals surface area contributed by atoms with Gasteiger partial charge in [0.25, 0.3) is 0 Å². The van der Waals surface area contributed by atoms with E-state index in [0.717, 1.165) is 11.1 Å². The minimum absolute atomic E-state index is 0.115. The summed E-state index contributed by atoms with van der Waals surface area (Å²) in [7, 11) is 0. The summed E-state index contributed by atoms with van der Waals surface area (Å²) >= 11 is 11.8. The number of nitro benzene ring substituents is 1. The van der Waals surface area contributed by atoms with Gasteiger partial charge in [-0.1, -0.05) is 35.3 Å². The molecule has 1 N–H and O–H groups in total. The number of benzene rings is 2. The molecule has 0 atom stereocenters. The molecule has 0 radical (unpaired) electrons. The minimum atomic E-state index is -0.816. The van der Waals surface area contributed by atoms with E-state index in [2.05, 4.69) is 0 Å². The van der Waals surface area contributed by atoms with Crippen LogP contribution in [-0.4, -0.2) is 34.0 Å². The molecule has 27 heavy (non-hydrogen) atoms. The molecule has 142 valence electrons. The van der Waals surface area contributed by atoms with Crippen LogP contribution in [0.2, 0.25) is 10.0 Å². The number of halogens is 2. The molecule has 1 fully saturated rings. The second-order valence-corrected chi connectivity index (χ2v) is 7.14. The number of hydrogen-bond acceptors (Lipinski definition) is 5. The predicted octanol–water partition coefficient (Wildman–Crippen LogP) is 4.00. The fourth-order valence-corrected chi connectivity index (χ4v) is 3.15. The van der Waals surface area contributed by atoms with Crippen LogP contribution < -0.4 is 4.74 Å². The lowest BCUT2D eigenvalue weighted by Crippen LogP contribution is -2.49. The number of carboxylic acid groups (broad SMARTS) is 1. The van der Waals surface area contributed by atoms with Crippen molar-refractivity contribution in [2.75, 3.05) is 13.1 Å². The van der Waals surface area contributed by atoms with Crippen molar-refractivity contribution in [3.63, 3.8) is 0 Å². The third kappa shape index (κ3) is 4.68. The number of carboxylic acids is 1. The van der Waals surface area contributed by atoms with Crippen LogP contribution in [0.5, 0.6) is 5.75 Å². The van der Waals surface area contributed by atoms with E-state index in [1.807, 2.05) is 4.90 Å². The van der Waals surface area contributed by atoms with Gasteiger partial charge in [0.15, 0.2) is 5.75 Å². The Morgan fingerprint density at radius 3 is 2.52 bits per heavy atom. The molecular weight excluding hydrogens is 395 g/mol. The van der Waals surface area contributed by atoms with Gasteiger partial charge in [-0.3, -0.25) is 19.8 Å². The maximum atomic E-state index is 11.4. The number of rotatable bonds is 7. The number of aliphatic carboxylic acids is 1. The Labute approximate surface area is 165 Å². The van der Waals surface area contributed by atoms with Gasteiger partial charge in [0.1, 0.15) is 6.61 Å². The quantitative estimate of drug-likeness (QED) is 0.547. The zero-order chi connectivity index (χ0) is 19.6. The molecule has 0 bridgehead atoms. The largest absolute Gasteiger partial charge is 0.482 e. The van der Waals surface area contributed by atoms with Gasteiger partial charge in [0.05, 0.1) is 20.9 Å². The van der Waals surface area contributed by atoms with E-state index in [0.29, 0.717) is 29.7 Å². The Hall–Kier alpha value is -2.35. The van der Waals surface area contributed by atoms with Crippen molar-refractivity contribution in [2.45, 2.75) is 13.2 Å². The molecule has 0 unspecified atom stereocenters. The standard InChI is InChI=1S/C18H16Cl2N2O5/c19-14-3-1-12(5-15(14)20)10-27-17-4-2-11(6-16(17)22(25)26)7-21-8-13(9-21)18(23)24/h1-6,13H,7-10H2,(H,23,24). The summed E-state index contributed by atoms with van der Waals surface area (Å²) in [5.41, 5.74) is 1.33. The summed E-state index contributed by atoms with van der Waals surface area (Å²) < 4.78 is 5.59. The first-order valence-corrected chi connectivity index (χ1v) is 8.88. The van der Waals surface area contributed by atoms with E-state index >= 15 is 0 Å². The zero-order valence-corrected chi connectivity index (χ0v) is 15.6. The van der Waals surface area contributed by atoms with Gasteiger partial charge in [-0.05, 0) is 29.3 Å². The summed E-state index contributed by atoms with van der Waals surface area (Å²) in [6.07, 6.45) is 0. The lowest BCUT2D eigenvalue weighted by Gasteiger charge is -2.36. The van der Waals surface area contributed by atoms with Crippen LogP contribution in [0.15, 0.2) is 36.4 Å². The van der Waals surface area contributed by atoms with Gasteiger partial charge < -0.3 is 9.84 Å². The smallest absolute Gasteiger partial charge is 0.311 e. The molecule has 7 nitrogen and oxygen atoms in total. The van der Waals surface area contributed by atoms with E-state index in [9.17, 15) is 14.9 Å². The molecule has 0 saturated carbocycles. The predicted molar refractivity (Wildman–Crippen MR) is 100 cm³/mol. The first-order valence-electron chi connectivity index (χ1n) is 8.12. The van der Waals surface area contributed by atoms with Crippen LogP contribution in [0.1, 0.15) is 11.1 Å². The Bertz CT molecular complexity index is 884. The average Bonchev–Trinajstić information content (AvgIpc) is 2.58. The highest BCUT2D eigenvalue weighted by Crippen LogP contribution is 2.31. The van der Waals surface area contributed by atoms with E-state index < -0.39 is 10.9 Å². The van der Waals surface area contributed by atoms with Gasteiger partial charge in [0.2, 0.25) is 0 Å². The van der Waals surface area contributed by atoms with Gasteiger partial charge >= 0.3 is 11.7 Å². The molecule has 3 rings (SSSR count). The number of nitro groups is 1. The van der Waals surface area contributed by atoms with Crippen molar-refractivity contribution in [1.29, 1.82) is 0 Å². The van der Waals surface area contributed by atoms with Crippen LogP contribution in [0, 0.1) is 16.0 Å². The van der Waals surface area contributed by atoms with Crippen molar-refractivity contribution >= 4 is 34.9 Å². The van der Waals surface area contributed by atoms with Gasteiger partial charge in [-0.2, -0.15) is 0 Å². The Kier molecular flexibility index (Phi) is 5.84. The van der Waals surface area contributed by atoms with Crippen molar-refractivity contribution in [3.05, 3.63) is 67.7 Å². The third-order valence-electron chi connectivity index (χ3n) is 4.31. The Balaban J connectivity index is 1.67. The highest BCUT2D eigenvalue weighted by molar-refractivity contribution is 6.42. The molecule has 0 amide bonds. The Morgan fingerprint density at radius 2 is 1.89 bits per heavy atom. The first-order chi connectivity index (χ1) is 12.8. The molecule has 1 aliphatic heterocycles. The van der Waals surface area contributed by atoms with Crippen molar-refractivity contribution in [1.82, 2.24) is 4.90 Å². The molecular formula is C18H16Cl2N2O5. The van der Waals surface area contributed by atoms with Crippen LogP contribution in [0.4, 0.5) is 5.69 Å². The van der Waals surface area contributed by atoms with Crippen molar-refractivity contribution in [2.24, 2.45) is 5.92 Å². The highest BCUT2D eigenvalue weighted by atomic mass is 35.5. The second kappa shape index (κ2) is 8.12. The molecule has 0 spiro atoms. The minimum Gasteiger partial charge on any atom is -0.482 e. The number of nitrogens with zero attached hydrogens (tertiary/aromatic N) is 2. The topological polar surface area (TPSA) is 92.9 Å². The normalized spacial score (nSPS) is 14.6. The van der Waals surface area contributed by atoms with Gasteiger partial charge in [-0.25, -0.2) is 0 Å². The summed E-state index contributed by atoms with van der Waals surface area (Å²) in [6, 6.07) is 9.77. The fraction of sp³-hybridized carbons (Fsp3) is 0.278. The molecule has 1 aliphatic rings. The van der Waals surface area contributed by atoms with Gasteiger partial charge in [0, 0.05) is 25.7 Å². The zero-order valence-electron chi connectivity index (χ0n) is 14.1. The first kappa shape index (κ1) is 19.4. The second-order valence-electron chi connectivity index (χ2n) is 6.33.